The first kappa shape index (κ1) is 21.4. The second kappa shape index (κ2) is 8.81. The fourth-order valence-electron chi connectivity index (χ4n) is 3.78. The number of nitrogens with zero attached hydrogens (tertiary/aromatic N) is 4. The molecule has 0 aliphatic heterocycles. The molecule has 0 aliphatic rings. The summed E-state index contributed by atoms with van der Waals surface area (Å²) in [4.78, 5) is 29.7. The van der Waals surface area contributed by atoms with Gasteiger partial charge in [-0.25, -0.2) is 14.1 Å². The van der Waals surface area contributed by atoms with E-state index in [0.29, 0.717) is 34.5 Å². The highest BCUT2D eigenvalue weighted by atomic mass is 19.1. The lowest BCUT2D eigenvalue weighted by atomic mass is 10.2. The second-order valence-corrected chi connectivity index (χ2v) is 7.66. The van der Waals surface area contributed by atoms with Crippen molar-refractivity contribution in [2.24, 2.45) is 0 Å². The van der Waals surface area contributed by atoms with Gasteiger partial charge in [0.2, 0.25) is 0 Å². The van der Waals surface area contributed by atoms with E-state index >= 15 is 0 Å². The highest BCUT2D eigenvalue weighted by molar-refractivity contribution is 5.97. The molecule has 1 amide bonds. The Bertz CT molecular complexity index is 1570. The number of benzene rings is 2. The van der Waals surface area contributed by atoms with Crippen molar-refractivity contribution in [1.82, 2.24) is 24.6 Å². The predicted octanol–water partition coefficient (Wildman–Crippen LogP) is 2.97. The van der Waals surface area contributed by atoms with Crippen LogP contribution in [0.1, 0.15) is 16.1 Å². The van der Waals surface area contributed by atoms with Crippen molar-refractivity contribution in [3.05, 3.63) is 88.5 Å². The number of ether oxygens (including phenoxy) is 1. The third kappa shape index (κ3) is 4.01. The van der Waals surface area contributed by atoms with E-state index in [1.807, 2.05) is 12.1 Å². The monoisotopic (exact) mass is 461 g/mol. The summed E-state index contributed by atoms with van der Waals surface area (Å²) in [6.07, 6.45) is 2.86. The zero-order valence-electron chi connectivity index (χ0n) is 18.2. The van der Waals surface area contributed by atoms with Crippen LogP contribution in [0.15, 0.2) is 70.3 Å². The molecule has 1 N–H and O–H groups in total. The average Bonchev–Trinajstić information content (AvgIpc) is 3.45. The minimum Gasteiger partial charge on any atom is -0.493 e. The molecule has 34 heavy (non-hydrogen) atoms. The average molecular weight is 461 g/mol. The van der Waals surface area contributed by atoms with E-state index in [1.54, 1.807) is 28.9 Å². The molecule has 0 bridgehead atoms. The van der Waals surface area contributed by atoms with Crippen LogP contribution in [0.2, 0.25) is 0 Å². The summed E-state index contributed by atoms with van der Waals surface area (Å²) >= 11 is 0. The summed E-state index contributed by atoms with van der Waals surface area (Å²) in [7, 11) is 1.54. The normalized spacial score (nSPS) is 11.2. The van der Waals surface area contributed by atoms with Gasteiger partial charge in [-0.1, -0.05) is 24.3 Å². The number of carbonyl (C=O) groups excluding carboxylic acids is 1. The maximum absolute atomic E-state index is 13.4. The molecule has 9 nitrogen and oxygen atoms in total. The van der Waals surface area contributed by atoms with Gasteiger partial charge in [0.05, 0.1) is 26.4 Å². The van der Waals surface area contributed by atoms with Gasteiger partial charge in [-0.15, -0.1) is 0 Å². The fraction of sp³-hybridized carbons (Fsp3) is 0.167. The molecule has 3 heterocycles. The van der Waals surface area contributed by atoms with Crippen molar-refractivity contribution < 1.29 is 18.3 Å². The molecule has 3 aromatic heterocycles. The quantitative estimate of drug-likeness (QED) is 0.400. The standard InChI is InChI=1S/C24H20FN5O4/c1-33-19-7-3-5-16-11-20(34-21(16)19)23(31)26-8-9-30-22-18(12-28-30)24(32)29(14-27-22)13-15-4-2-6-17(25)10-15/h2-7,10-12,14H,8-9,13H2,1H3,(H,26,31). The summed E-state index contributed by atoms with van der Waals surface area (Å²) in [5, 5.41) is 8.13. The first-order chi connectivity index (χ1) is 16.5. The van der Waals surface area contributed by atoms with Crippen LogP contribution < -0.4 is 15.6 Å². The van der Waals surface area contributed by atoms with E-state index in [1.165, 1.54) is 36.3 Å². The largest absolute Gasteiger partial charge is 0.493 e. The molecule has 0 saturated carbocycles. The number of methoxy groups -OCH3 is 1. The number of rotatable bonds is 7. The number of aromatic nitrogens is 4. The van der Waals surface area contributed by atoms with Crippen LogP contribution in [0.4, 0.5) is 4.39 Å². The first-order valence-electron chi connectivity index (χ1n) is 10.5. The van der Waals surface area contributed by atoms with E-state index < -0.39 is 0 Å². The highest BCUT2D eigenvalue weighted by Crippen LogP contribution is 2.28. The van der Waals surface area contributed by atoms with E-state index in [4.69, 9.17) is 9.15 Å². The van der Waals surface area contributed by atoms with E-state index in [9.17, 15) is 14.0 Å². The Morgan fingerprint density at radius 2 is 2.06 bits per heavy atom. The number of fused-ring (bicyclic) bond motifs is 2. The van der Waals surface area contributed by atoms with Gasteiger partial charge >= 0.3 is 0 Å². The topological polar surface area (TPSA) is 104 Å². The van der Waals surface area contributed by atoms with Gasteiger partial charge in [-0.2, -0.15) is 5.10 Å². The Hall–Kier alpha value is -4.47. The van der Waals surface area contributed by atoms with Gasteiger partial charge in [-0.3, -0.25) is 14.2 Å². The third-order valence-corrected chi connectivity index (χ3v) is 5.43. The number of hydrogen-bond acceptors (Lipinski definition) is 6. The maximum atomic E-state index is 13.4. The van der Waals surface area contributed by atoms with Crippen LogP contribution in [0, 0.1) is 5.82 Å². The summed E-state index contributed by atoms with van der Waals surface area (Å²) in [6.45, 7) is 0.750. The lowest BCUT2D eigenvalue weighted by molar-refractivity contribution is 0.0926. The van der Waals surface area contributed by atoms with Crippen molar-refractivity contribution in [3.8, 4) is 5.75 Å². The van der Waals surface area contributed by atoms with Crippen LogP contribution in [0.5, 0.6) is 5.75 Å². The van der Waals surface area contributed by atoms with Gasteiger partial charge in [0.15, 0.2) is 22.7 Å². The van der Waals surface area contributed by atoms with Crippen LogP contribution in [-0.2, 0) is 13.1 Å². The summed E-state index contributed by atoms with van der Waals surface area (Å²) < 4.78 is 27.3. The van der Waals surface area contributed by atoms with Gasteiger partial charge in [0.1, 0.15) is 17.5 Å². The van der Waals surface area contributed by atoms with Gasteiger partial charge < -0.3 is 14.5 Å². The molecular formula is C24H20FN5O4. The van der Waals surface area contributed by atoms with Crippen molar-refractivity contribution in [2.75, 3.05) is 13.7 Å². The number of para-hydroxylation sites is 1. The molecule has 0 unspecified atom stereocenters. The number of furan rings is 1. The minimum atomic E-state index is -0.375. The predicted molar refractivity (Wildman–Crippen MR) is 122 cm³/mol. The van der Waals surface area contributed by atoms with E-state index in [2.05, 4.69) is 15.4 Å². The smallest absolute Gasteiger partial charge is 0.287 e. The number of nitrogens with one attached hydrogen (secondary N) is 1. The zero-order valence-corrected chi connectivity index (χ0v) is 18.2. The molecule has 10 heteroatoms. The molecule has 0 radical (unpaired) electrons. The lowest BCUT2D eigenvalue weighted by Gasteiger charge is -2.07. The summed E-state index contributed by atoms with van der Waals surface area (Å²) in [6, 6.07) is 13.1. The maximum Gasteiger partial charge on any atom is 0.287 e. The Labute approximate surface area is 192 Å². The van der Waals surface area contributed by atoms with Crippen molar-refractivity contribution in [2.45, 2.75) is 13.1 Å². The van der Waals surface area contributed by atoms with Crippen molar-refractivity contribution >= 4 is 27.9 Å². The van der Waals surface area contributed by atoms with Crippen molar-refractivity contribution in [3.63, 3.8) is 0 Å². The Morgan fingerprint density at radius 3 is 2.88 bits per heavy atom. The SMILES string of the molecule is COc1cccc2cc(C(=O)NCCn3ncc4c(=O)n(Cc5cccc(F)c5)cnc43)oc12. The second-order valence-electron chi connectivity index (χ2n) is 7.66. The Kier molecular flexibility index (Phi) is 5.54. The molecule has 172 valence electrons. The summed E-state index contributed by atoms with van der Waals surface area (Å²) in [5.41, 5.74) is 1.29. The molecule has 5 rings (SSSR count). The Balaban J connectivity index is 1.28. The highest BCUT2D eigenvalue weighted by Gasteiger charge is 2.15. The van der Waals surface area contributed by atoms with Crippen LogP contribution >= 0.6 is 0 Å². The molecular weight excluding hydrogens is 441 g/mol. The van der Waals surface area contributed by atoms with Crippen LogP contribution in [-0.4, -0.2) is 38.9 Å². The minimum absolute atomic E-state index is 0.170. The zero-order chi connectivity index (χ0) is 23.7. The number of halogens is 1. The first-order valence-corrected chi connectivity index (χ1v) is 10.5. The fourth-order valence-corrected chi connectivity index (χ4v) is 3.78. The van der Waals surface area contributed by atoms with E-state index in [-0.39, 0.29) is 36.1 Å². The number of carbonyl (C=O) groups is 1. The molecule has 0 fully saturated rings. The van der Waals surface area contributed by atoms with E-state index in [0.717, 1.165) is 5.39 Å². The lowest BCUT2D eigenvalue weighted by Crippen LogP contribution is -2.27. The number of amides is 1. The van der Waals surface area contributed by atoms with Gasteiger partial charge in [0, 0.05) is 11.9 Å². The molecule has 0 atom stereocenters. The summed E-state index contributed by atoms with van der Waals surface area (Å²) in [5.74, 6) is -0.0202. The van der Waals surface area contributed by atoms with Crippen LogP contribution in [0.3, 0.4) is 0 Å². The van der Waals surface area contributed by atoms with Crippen molar-refractivity contribution in [1.29, 1.82) is 0 Å². The Morgan fingerprint density at radius 1 is 1.21 bits per heavy atom. The molecule has 0 spiro atoms. The molecule has 0 aliphatic carbocycles. The van der Waals surface area contributed by atoms with Gasteiger partial charge in [-0.05, 0) is 29.8 Å². The van der Waals surface area contributed by atoms with Gasteiger partial charge in [0.25, 0.3) is 11.5 Å². The molecule has 2 aromatic carbocycles. The number of hydrogen-bond donors (Lipinski definition) is 1. The van der Waals surface area contributed by atoms with Crippen LogP contribution in [0.25, 0.3) is 22.0 Å². The molecule has 5 aromatic rings. The molecule has 0 saturated heterocycles. The third-order valence-electron chi connectivity index (χ3n) is 5.43.